The van der Waals surface area contributed by atoms with Gasteiger partial charge in [-0.15, -0.1) is 0 Å². The van der Waals surface area contributed by atoms with Gasteiger partial charge in [-0.2, -0.15) is 0 Å². The van der Waals surface area contributed by atoms with Crippen LogP contribution >= 0.6 is 34.2 Å². The summed E-state index contributed by atoms with van der Waals surface area (Å²) in [6, 6.07) is 3.08. The van der Waals surface area contributed by atoms with Crippen LogP contribution in [0.4, 0.5) is 10.5 Å². The zero-order chi connectivity index (χ0) is 9.14. The molecule has 0 bridgehead atoms. The van der Waals surface area contributed by atoms with Crippen LogP contribution in [0.25, 0.3) is 0 Å². The second kappa shape index (κ2) is 3.90. The van der Waals surface area contributed by atoms with Crippen LogP contribution in [0, 0.1) is 3.70 Å². The van der Waals surface area contributed by atoms with Crippen molar-refractivity contribution in [2.24, 2.45) is 0 Å². The third kappa shape index (κ3) is 2.49. The predicted octanol–water partition coefficient (Wildman–Crippen LogP) is 2.43. The predicted molar refractivity (Wildman–Crippen MR) is 53.6 cm³/mol. The lowest BCUT2D eigenvalue weighted by Crippen LogP contribution is -2.08. The zero-order valence-electron chi connectivity index (χ0n) is 5.71. The largest absolute Gasteiger partial charge is 0.465 e. The lowest BCUT2D eigenvalue weighted by molar-refractivity contribution is 0.209. The highest BCUT2D eigenvalue weighted by Gasteiger charge is 2.03. The van der Waals surface area contributed by atoms with Crippen LogP contribution < -0.4 is 5.32 Å². The lowest BCUT2D eigenvalue weighted by Gasteiger charge is -2.01. The highest BCUT2D eigenvalue weighted by Crippen LogP contribution is 2.18. The number of pyridine rings is 1. The van der Waals surface area contributed by atoms with Gasteiger partial charge in [-0.25, -0.2) is 9.78 Å². The van der Waals surface area contributed by atoms with E-state index < -0.39 is 6.09 Å². The number of carbonyl (C=O) groups is 1. The van der Waals surface area contributed by atoms with Crippen LogP contribution in [0.3, 0.4) is 0 Å². The number of aromatic nitrogens is 1. The average molecular weight is 298 g/mol. The van der Waals surface area contributed by atoms with Crippen LogP contribution in [0.1, 0.15) is 0 Å². The molecule has 0 radical (unpaired) electrons. The maximum Gasteiger partial charge on any atom is 0.409 e. The number of nitrogens with one attached hydrogen (secondary N) is 1. The molecule has 0 fully saturated rings. The van der Waals surface area contributed by atoms with E-state index >= 15 is 0 Å². The van der Waals surface area contributed by atoms with Gasteiger partial charge in [0.25, 0.3) is 0 Å². The van der Waals surface area contributed by atoms with E-state index in [4.69, 9.17) is 16.7 Å². The van der Waals surface area contributed by atoms with E-state index in [1.54, 1.807) is 6.07 Å². The van der Waals surface area contributed by atoms with Crippen molar-refractivity contribution >= 4 is 46.0 Å². The minimum Gasteiger partial charge on any atom is -0.465 e. The summed E-state index contributed by atoms with van der Waals surface area (Å²) in [4.78, 5) is 14.1. The summed E-state index contributed by atoms with van der Waals surface area (Å²) in [7, 11) is 0. The van der Waals surface area contributed by atoms with Crippen molar-refractivity contribution in [1.29, 1.82) is 0 Å². The van der Waals surface area contributed by atoms with E-state index in [1.165, 1.54) is 6.07 Å². The lowest BCUT2D eigenvalue weighted by atomic mass is 10.4. The fraction of sp³-hybridized carbons (Fsp3) is 0. The Labute approximate surface area is 87.1 Å². The Morgan fingerprint density at radius 1 is 1.67 bits per heavy atom. The van der Waals surface area contributed by atoms with Crippen molar-refractivity contribution in [3.8, 4) is 0 Å². The van der Waals surface area contributed by atoms with Gasteiger partial charge < -0.3 is 5.11 Å². The molecular formula is C6H4ClIN2O2. The number of hydrogen-bond donors (Lipinski definition) is 2. The molecule has 64 valence electrons. The molecule has 12 heavy (non-hydrogen) atoms. The summed E-state index contributed by atoms with van der Waals surface area (Å²) in [5.41, 5.74) is 0.438. The molecule has 1 rings (SSSR count). The zero-order valence-corrected chi connectivity index (χ0v) is 8.63. The minimum atomic E-state index is -1.11. The second-order valence-electron chi connectivity index (χ2n) is 1.90. The molecule has 0 spiro atoms. The molecule has 1 heterocycles. The number of hydrogen-bond acceptors (Lipinski definition) is 2. The Morgan fingerprint density at radius 3 is 2.83 bits per heavy atom. The second-order valence-corrected chi connectivity index (χ2v) is 3.31. The Balaban J connectivity index is 2.93. The van der Waals surface area contributed by atoms with Crippen molar-refractivity contribution < 1.29 is 9.90 Å². The van der Waals surface area contributed by atoms with Gasteiger partial charge in [-0.3, -0.25) is 5.32 Å². The smallest absolute Gasteiger partial charge is 0.409 e. The molecule has 0 atom stereocenters. The van der Waals surface area contributed by atoms with E-state index in [0.717, 1.165) is 0 Å². The molecule has 0 unspecified atom stereocenters. The highest BCUT2D eigenvalue weighted by atomic mass is 127. The number of amides is 1. The van der Waals surface area contributed by atoms with Gasteiger partial charge in [0.2, 0.25) is 0 Å². The number of rotatable bonds is 1. The molecule has 4 nitrogen and oxygen atoms in total. The first-order valence-electron chi connectivity index (χ1n) is 2.91. The normalized spacial score (nSPS) is 9.50. The van der Waals surface area contributed by atoms with Gasteiger partial charge in [-0.05, 0) is 34.7 Å². The standard InChI is InChI=1S/C6H4ClIN2O2/c7-4-2-1-3(5(8)10-4)9-6(11)12/h1-2,9H,(H,11,12). The van der Waals surface area contributed by atoms with Crippen LogP contribution in [0.15, 0.2) is 12.1 Å². The molecule has 0 saturated carbocycles. The van der Waals surface area contributed by atoms with E-state index in [1.807, 2.05) is 22.6 Å². The van der Waals surface area contributed by atoms with Gasteiger partial charge in [-0.1, -0.05) is 11.6 Å². The highest BCUT2D eigenvalue weighted by molar-refractivity contribution is 14.1. The first kappa shape index (κ1) is 9.53. The first-order valence-corrected chi connectivity index (χ1v) is 4.37. The Morgan fingerprint density at radius 2 is 2.33 bits per heavy atom. The first-order chi connectivity index (χ1) is 5.59. The van der Waals surface area contributed by atoms with Gasteiger partial charge in [0, 0.05) is 0 Å². The molecule has 0 aromatic carbocycles. The number of carboxylic acid groups (broad SMARTS) is 1. The van der Waals surface area contributed by atoms with Crippen molar-refractivity contribution in [2.75, 3.05) is 5.32 Å². The molecule has 0 aliphatic heterocycles. The molecule has 2 N–H and O–H groups in total. The van der Waals surface area contributed by atoms with Gasteiger partial charge in [0.05, 0.1) is 5.69 Å². The van der Waals surface area contributed by atoms with Gasteiger partial charge in [0.1, 0.15) is 8.85 Å². The third-order valence-corrected chi connectivity index (χ3v) is 2.09. The summed E-state index contributed by atoms with van der Waals surface area (Å²) >= 11 is 7.46. The summed E-state index contributed by atoms with van der Waals surface area (Å²) in [6.07, 6.45) is -1.11. The molecule has 6 heteroatoms. The maximum absolute atomic E-state index is 10.2. The SMILES string of the molecule is O=C(O)Nc1ccc(Cl)nc1I. The third-order valence-electron chi connectivity index (χ3n) is 1.06. The molecule has 0 saturated heterocycles. The number of nitrogens with zero attached hydrogens (tertiary/aromatic N) is 1. The quantitative estimate of drug-likeness (QED) is 0.618. The van der Waals surface area contributed by atoms with Crippen molar-refractivity contribution in [2.45, 2.75) is 0 Å². The molecule has 0 aliphatic carbocycles. The van der Waals surface area contributed by atoms with Crippen molar-refractivity contribution in [1.82, 2.24) is 4.98 Å². The topological polar surface area (TPSA) is 62.2 Å². The van der Waals surface area contributed by atoms with Crippen molar-refractivity contribution in [3.05, 3.63) is 21.0 Å². The van der Waals surface area contributed by atoms with E-state index in [-0.39, 0.29) is 0 Å². The fourth-order valence-electron chi connectivity index (χ4n) is 0.621. The van der Waals surface area contributed by atoms with Crippen LogP contribution in [-0.4, -0.2) is 16.2 Å². The van der Waals surface area contributed by atoms with E-state index in [9.17, 15) is 4.79 Å². The fourth-order valence-corrected chi connectivity index (χ4v) is 1.49. The van der Waals surface area contributed by atoms with Crippen molar-refractivity contribution in [3.63, 3.8) is 0 Å². The Bertz CT molecular complexity index is 318. The molecule has 1 aromatic heterocycles. The van der Waals surface area contributed by atoms with Crippen LogP contribution in [0.2, 0.25) is 5.15 Å². The summed E-state index contributed by atoms with van der Waals surface area (Å²) < 4.78 is 0.530. The molecule has 1 aromatic rings. The maximum atomic E-state index is 10.2. The minimum absolute atomic E-state index is 0.343. The monoisotopic (exact) mass is 298 g/mol. The summed E-state index contributed by atoms with van der Waals surface area (Å²) in [5.74, 6) is 0. The Kier molecular flexibility index (Phi) is 3.10. The van der Waals surface area contributed by atoms with Gasteiger partial charge >= 0.3 is 6.09 Å². The number of anilines is 1. The average Bonchev–Trinajstić information content (AvgIpc) is 1.94. The van der Waals surface area contributed by atoms with Crippen LogP contribution in [-0.2, 0) is 0 Å². The van der Waals surface area contributed by atoms with E-state index in [0.29, 0.717) is 14.5 Å². The molecule has 0 aliphatic rings. The number of halogens is 2. The van der Waals surface area contributed by atoms with Crippen LogP contribution in [0.5, 0.6) is 0 Å². The molecular weight excluding hydrogens is 294 g/mol. The molecule has 1 amide bonds. The summed E-state index contributed by atoms with van der Waals surface area (Å²) in [5, 5.41) is 10.9. The Hall–Kier alpha value is -0.560. The summed E-state index contributed by atoms with van der Waals surface area (Å²) in [6.45, 7) is 0. The van der Waals surface area contributed by atoms with E-state index in [2.05, 4.69) is 10.3 Å². The van der Waals surface area contributed by atoms with Gasteiger partial charge in [0.15, 0.2) is 0 Å².